The van der Waals surface area contributed by atoms with Gasteiger partial charge in [0.1, 0.15) is 0 Å². The summed E-state index contributed by atoms with van der Waals surface area (Å²) in [6.45, 7) is 4.00. The molecular formula is C15H16O2. The second-order valence-electron chi connectivity index (χ2n) is 4.42. The zero-order chi connectivity index (χ0) is 12.4. The highest BCUT2D eigenvalue weighted by Crippen LogP contribution is 2.40. The van der Waals surface area contributed by atoms with Crippen molar-refractivity contribution in [2.24, 2.45) is 0 Å². The van der Waals surface area contributed by atoms with Gasteiger partial charge in [-0.15, -0.1) is 0 Å². The normalized spacial score (nSPS) is 10.8. The fraction of sp³-hybridized carbons (Fsp3) is 0.200. The molecule has 0 spiro atoms. The van der Waals surface area contributed by atoms with Crippen LogP contribution < -0.4 is 0 Å². The molecule has 0 aromatic heterocycles. The predicted molar refractivity (Wildman–Crippen MR) is 69.3 cm³/mol. The Labute approximate surface area is 101 Å². The number of phenols is 2. The Morgan fingerprint density at radius 3 is 2.12 bits per heavy atom. The van der Waals surface area contributed by atoms with Crippen LogP contribution in [-0.2, 0) is 0 Å². The summed E-state index contributed by atoms with van der Waals surface area (Å²) in [6.07, 6.45) is 0. The van der Waals surface area contributed by atoms with Crippen LogP contribution in [-0.4, -0.2) is 10.2 Å². The van der Waals surface area contributed by atoms with Gasteiger partial charge in [0.2, 0.25) is 0 Å². The summed E-state index contributed by atoms with van der Waals surface area (Å²) < 4.78 is 0. The van der Waals surface area contributed by atoms with Crippen LogP contribution in [0.15, 0.2) is 42.5 Å². The maximum Gasteiger partial charge on any atom is 0.161 e. The maximum absolute atomic E-state index is 9.96. The van der Waals surface area contributed by atoms with Crippen molar-refractivity contribution >= 4 is 0 Å². The highest BCUT2D eigenvalue weighted by Gasteiger charge is 2.16. The molecule has 0 amide bonds. The first-order valence-electron chi connectivity index (χ1n) is 5.71. The second kappa shape index (κ2) is 4.50. The molecule has 2 aromatic carbocycles. The van der Waals surface area contributed by atoms with E-state index in [-0.39, 0.29) is 17.4 Å². The van der Waals surface area contributed by atoms with E-state index >= 15 is 0 Å². The molecule has 0 fully saturated rings. The van der Waals surface area contributed by atoms with Gasteiger partial charge in [0, 0.05) is 5.56 Å². The molecule has 2 aromatic rings. The molecule has 17 heavy (non-hydrogen) atoms. The van der Waals surface area contributed by atoms with E-state index in [0.717, 1.165) is 16.7 Å². The maximum atomic E-state index is 9.96. The molecule has 0 unspecified atom stereocenters. The molecule has 0 radical (unpaired) electrons. The van der Waals surface area contributed by atoms with Crippen molar-refractivity contribution in [1.82, 2.24) is 0 Å². The summed E-state index contributed by atoms with van der Waals surface area (Å²) in [5.41, 5.74) is 2.80. The van der Waals surface area contributed by atoms with E-state index in [1.807, 2.05) is 50.2 Å². The quantitative estimate of drug-likeness (QED) is 0.765. The molecule has 0 saturated heterocycles. The van der Waals surface area contributed by atoms with E-state index < -0.39 is 0 Å². The van der Waals surface area contributed by atoms with E-state index in [1.54, 1.807) is 0 Å². The van der Waals surface area contributed by atoms with Crippen LogP contribution in [0.1, 0.15) is 25.3 Å². The van der Waals surface area contributed by atoms with Gasteiger partial charge in [0.05, 0.1) is 0 Å². The molecule has 2 heteroatoms. The molecule has 2 nitrogen and oxygen atoms in total. The first-order valence-corrected chi connectivity index (χ1v) is 5.71. The van der Waals surface area contributed by atoms with Crippen LogP contribution in [0, 0.1) is 0 Å². The molecule has 88 valence electrons. The van der Waals surface area contributed by atoms with Crippen molar-refractivity contribution in [1.29, 1.82) is 0 Å². The monoisotopic (exact) mass is 228 g/mol. The molecule has 2 N–H and O–H groups in total. The Morgan fingerprint density at radius 1 is 0.882 bits per heavy atom. The summed E-state index contributed by atoms with van der Waals surface area (Å²) in [5, 5.41) is 19.5. The van der Waals surface area contributed by atoms with Crippen LogP contribution in [0.25, 0.3) is 11.1 Å². The summed E-state index contributed by atoms with van der Waals surface area (Å²) in [4.78, 5) is 0. The van der Waals surface area contributed by atoms with Crippen LogP contribution >= 0.6 is 0 Å². The van der Waals surface area contributed by atoms with Gasteiger partial charge in [-0.3, -0.25) is 0 Å². The first-order chi connectivity index (χ1) is 8.11. The lowest BCUT2D eigenvalue weighted by atomic mass is 9.91. The third-order valence-corrected chi connectivity index (χ3v) is 2.86. The molecule has 0 bridgehead atoms. The molecule has 0 atom stereocenters. The molecule has 2 rings (SSSR count). The van der Waals surface area contributed by atoms with E-state index in [9.17, 15) is 10.2 Å². The van der Waals surface area contributed by atoms with Crippen molar-refractivity contribution in [3.63, 3.8) is 0 Å². The SMILES string of the molecule is CC(C)c1c(-c2ccccc2)ccc(O)c1O. The third kappa shape index (κ3) is 2.11. The highest BCUT2D eigenvalue weighted by atomic mass is 16.3. The minimum atomic E-state index is -0.0617. The zero-order valence-electron chi connectivity index (χ0n) is 10.0. The molecule has 0 aliphatic heterocycles. The second-order valence-corrected chi connectivity index (χ2v) is 4.42. The van der Waals surface area contributed by atoms with Crippen molar-refractivity contribution in [2.45, 2.75) is 19.8 Å². The number of rotatable bonds is 2. The van der Waals surface area contributed by atoms with Crippen molar-refractivity contribution in [2.75, 3.05) is 0 Å². The largest absolute Gasteiger partial charge is 0.504 e. The van der Waals surface area contributed by atoms with Gasteiger partial charge in [-0.2, -0.15) is 0 Å². The minimum Gasteiger partial charge on any atom is -0.504 e. The van der Waals surface area contributed by atoms with Gasteiger partial charge < -0.3 is 10.2 Å². The van der Waals surface area contributed by atoms with Crippen LogP contribution in [0.2, 0.25) is 0 Å². The van der Waals surface area contributed by atoms with Gasteiger partial charge >= 0.3 is 0 Å². The fourth-order valence-electron chi connectivity index (χ4n) is 2.05. The topological polar surface area (TPSA) is 40.5 Å². The van der Waals surface area contributed by atoms with E-state index in [2.05, 4.69) is 0 Å². The Kier molecular flexibility index (Phi) is 3.05. The van der Waals surface area contributed by atoms with E-state index in [1.165, 1.54) is 6.07 Å². The molecule has 0 heterocycles. The lowest BCUT2D eigenvalue weighted by Gasteiger charge is -2.15. The van der Waals surface area contributed by atoms with Gasteiger partial charge in [-0.25, -0.2) is 0 Å². The Morgan fingerprint density at radius 2 is 1.53 bits per heavy atom. The van der Waals surface area contributed by atoms with Gasteiger partial charge in [0.25, 0.3) is 0 Å². The first kappa shape index (κ1) is 11.5. The summed E-state index contributed by atoms with van der Waals surface area (Å²) in [6, 6.07) is 13.3. The van der Waals surface area contributed by atoms with E-state index in [0.29, 0.717) is 0 Å². The number of aromatic hydroxyl groups is 2. The zero-order valence-corrected chi connectivity index (χ0v) is 10.0. The molecule has 0 aliphatic carbocycles. The van der Waals surface area contributed by atoms with Crippen LogP contribution in [0.4, 0.5) is 0 Å². The highest BCUT2D eigenvalue weighted by molar-refractivity contribution is 5.72. The Balaban J connectivity index is 2.67. The minimum absolute atomic E-state index is 0.0126. The average Bonchev–Trinajstić information content (AvgIpc) is 2.33. The standard InChI is InChI=1S/C15H16O2/c1-10(2)14-12(8-9-13(16)15(14)17)11-6-4-3-5-7-11/h3-10,16-17H,1-2H3. The number of hydrogen-bond donors (Lipinski definition) is 2. The summed E-state index contributed by atoms with van der Waals surface area (Å²) in [7, 11) is 0. The number of hydrogen-bond acceptors (Lipinski definition) is 2. The van der Waals surface area contributed by atoms with Crippen LogP contribution in [0.5, 0.6) is 11.5 Å². The van der Waals surface area contributed by atoms with Crippen molar-refractivity contribution in [3.05, 3.63) is 48.0 Å². The Hall–Kier alpha value is -1.96. The summed E-state index contributed by atoms with van der Waals surface area (Å²) in [5.74, 6) is 0.0760. The van der Waals surface area contributed by atoms with Gasteiger partial charge in [0.15, 0.2) is 11.5 Å². The molecule has 0 saturated carbocycles. The predicted octanol–water partition coefficient (Wildman–Crippen LogP) is 3.89. The number of phenolic OH excluding ortho intramolecular Hbond substituents is 2. The van der Waals surface area contributed by atoms with E-state index in [4.69, 9.17) is 0 Å². The average molecular weight is 228 g/mol. The van der Waals surface area contributed by atoms with Crippen LogP contribution in [0.3, 0.4) is 0 Å². The smallest absolute Gasteiger partial charge is 0.161 e. The molecule has 0 aliphatic rings. The fourth-order valence-corrected chi connectivity index (χ4v) is 2.05. The number of benzene rings is 2. The van der Waals surface area contributed by atoms with Gasteiger partial charge in [-0.05, 0) is 23.1 Å². The van der Waals surface area contributed by atoms with Gasteiger partial charge in [-0.1, -0.05) is 50.2 Å². The van der Waals surface area contributed by atoms with Crippen molar-refractivity contribution in [3.8, 4) is 22.6 Å². The lowest BCUT2D eigenvalue weighted by molar-refractivity contribution is 0.398. The summed E-state index contributed by atoms with van der Waals surface area (Å²) >= 11 is 0. The van der Waals surface area contributed by atoms with Crippen molar-refractivity contribution < 1.29 is 10.2 Å². The molecular weight excluding hydrogens is 212 g/mol. The Bertz CT molecular complexity index is 516. The third-order valence-electron chi connectivity index (χ3n) is 2.86. The lowest BCUT2D eigenvalue weighted by Crippen LogP contribution is -1.93.